The van der Waals surface area contributed by atoms with E-state index in [1.807, 2.05) is 48.7 Å². The maximum Gasteiger partial charge on any atom is 0.361 e. The summed E-state index contributed by atoms with van der Waals surface area (Å²) in [7, 11) is 0. The molecule has 6 aromatic rings. The number of pyridine rings is 1. The van der Waals surface area contributed by atoms with Gasteiger partial charge in [0, 0.05) is 34.0 Å². The zero-order valence-electron chi connectivity index (χ0n) is 19.4. The maximum absolute atomic E-state index is 13.3. The second kappa shape index (κ2) is 6.87. The van der Waals surface area contributed by atoms with Crippen molar-refractivity contribution in [2.45, 2.75) is 27.7 Å². The molecule has 5 heteroatoms. The molecule has 0 fully saturated rings. The quantitative estimate of drug-likeness (QED) is 0.275. The number of benzene rings is 3. The fraction of sp³-hybridized carbons (Fsp3) is 0.138. The second-order valence-corrected chi connectivity index (χ2v) is 9.18. The van der Waals surface area contributed by atoms with Crippen molar-refractivity contribution in [2.24, 2.45) is 0 Å². The van der Waals surface area contributed by atoms with Crippen LogP contribution in [0.1, 0.15) is 22.3 Å². The predicted molar refractivity (Wildman–Crippen MR) is 136 cm³/mol. The van der Waals surface area contributed by atoms with E-state index in [-0.39, 0.29) is 11.5 Å². The Kier molecular flexibility index (Phi) is 4.12. The SMILES string of the molecule is Cc1cc2ccn3c(c(-c4ccc(O)c(C)c4)c4c5cc(C)c(O)cc5oc(=O)c43)c2cc1C. The van der Waals surface area contributed by atoms with E-state index in [0.717, 1.165) is 49.3 Å². The molecule has 0 spiro atoms. The van der Waals surface area contributed by atoms with E-state index < -0.39 is 5.63 Å². The lowest BCUT2D eigenvalue weighted by molar-refractivity contribution is 0.469. The van der Waals surface area contributed by atoms with Gasteiger partial charge in [-0.05, 0) is 91.2 Å². The Labute approximate surface area is 195 Å². The molecule has 3 aromatic heterocycles. The van der Waals surface area contributed by atoms with Gasteiger partial charge in [0.05, 0.1) is 5.52 Å². The highest BCUT2D eigenvalue weighted by molar-refractivity contribution is 6.21. The molecule has 0 atom stereocenters. The normalized spacial score (nSPS) is 11.9. The summed E-state index contributed by atoms with van der Waals surface area (Å²) in [5.74, 6) is 0.301. The molecule has 34 heavy (non-hydrogen) atoms. The topological polar surface area (TPSA) is 75.1 Å². The fourth-order valence-electron chi connectivity index (χ4n) is 5.00. The summed E-state index contributed by atoms with van der Waals surface area (Å²) in [6, 6.07) is 15.2. The van der Waals surface area contributed by atoms with E-state index in [1.54, 1.807) is 6.07 Å². The Bertz CT molecular complexity index is 1890. The third-order valence-corrected chi connectivity index (χ3v) is 6.98. The predicted octanol–water partition coefficient (Wildman–Crippen LogP) is 6.66. The summed E-state index contributed by atoms with van der Waals surface area (Å²) in [6.45, 7) is 7.86. The number of aromatic nitrogens is 1. The van der Waals surface area contributed by atoms with Gasteiger partial charge in [-0.1, -0.05) is 12.1 Å². The maximum atomic E-state index is 13.3. The molecule has 3 aromatic carbocycles. The van der Waals surface area contributed by atoms with Crippen LogP contribution in [0.25, 0.3) is 49.3 Å². The number of phenolic OH excluding ortho intramolecular Hbond substituents is 2. The van der Waals surface area contributed by atoms with Crippen LogP contribution >= 0.6 is 0 Å². The van der Waals surface area contributed by atoms with Crippen LogP contribution in [-0.2, 0) is 0 Å². The average molecular weight is 450 g/mol. The van der Waals surface area contributed by atoms with Crippen molar-refractivity contribution in [3.8, 4) is 22.6 Å². The van der Waals surface area contributed by atoms with Crippen LogP contribution in [0.2, 0.25) is 0 Å². The zero-order valence-corrected chi connectivity index (χ0v) is 19.4. The van der Waals surface area contributed by atoms with Gasteiger partial charge in [0.2, 0.25) is 0 Å². The zero-order chi connectivity index (χ0) is 23.9. The second-order valence-electron chi connectivity index (χ2n) is 9.18. The number of phenols is 2. The van der Waals surface area contributed by atoms with Gasteiger partial charge in [-0.25, -0.2) is 4.79 Å². The van der Waals surface area contributed by atoms with Crippen LogP contribution in [0.4, 0.5) is 0 Å². The molecule has 5 nitrogen and oxygen atoms in total. The summed E-state index contributed by atoms with van der Waals surface area (Å²) in [5.41, 5.74) is 6.83. The molecule has 0 saturated heterocycles. The van der Waals surface area contributed by atoms with E-state index >= 15 is 0 Å². The molecule has 3 heterocycles. The lowest BCUT2D eigenvalue weighted by Gasteiger charge is -2.10. The van der Waals surface area contributed by atoms with Gasteiger partial charge in [-0.15, -0.1) is 0 Å². The van der Waals surface area contributed by atoms with Crippen LogP contribution in [0, 0.1) is 27.7 Å². The molecule has 0 aliphatic carbocycles. The number of aromatic hydroxyl groups is 2. The summed E-state index contributed by atoms with van der Waals surface area (Å²) in [5, 5.41) is 24.1. The minimum atomic E-state index is -0.467. The van der Waals surface area contributed by atoms with Gasteiger partial charge in [-0.2, -0.15) is 0 Å². The number of aryl methyl sites for hydroxylation is 4. The Morgan fingerprint density at radius 1 is 0.735 bits per heavy atom. The third kappa shape index (κ3) is 2.70. The summed E-state index contributed by atoms with van der Waals surface area (Å²) < 4.78 is 7.60. The van der Waals surface area contributed by atoms with E-state index in [1.165, 1.54) is 11.6 Å². The Morgan fingerprint density at radius 2 is 1.44 bits per heavy atom. The van der Waals surface area contributed by atoms with Crippen LogP contribution in [-0.4, -0.2) is 14.6 Å². The Hall–Kier alpha value is -4.25. The van der Waals surface area contributed by atoms with E-state index in [2.05, 4.69) is 26.0 Å². The molecule has 0 radical (unpaired) electrons. The molecular weight excluding hydrogens is 426 g/mol. The molecule has 0 bridgehead atoms. The average Bonchev–Trinajstić information content (AvgIpc) is 3.14. The first-order chi connectivity index (χ1) is 16.2. The van der Waals surface area contributed by atoms with Crippen LogP contribution in [0.15, 0.2) is 63.9 Å². The molecule has 0 aliphatic rings. The highest BCUT2D eigenvalue weighted by Crippen LogP contribution is 2.43. The number of hydrogen-bond acceptors (Lipinski definition) is 4. The first-order valence-electron chi connectivity index (χ1n) is 11.2. The van der Waals surface area contributed by atoms with Crippen molar-refractivity contribution in [1.82, 2.24) is 4.40 Å². The van der Waals surface area contributed by atoms with Crippen molar-refractivity contribution >= 4 is 38.2 Å². The van der Waals surface area contributed by atoms with Crippen LogP contribution in [0.5, 0.6) is 11.5 Å². The van der Waals surface area contributed by atoms with E-state index in [4.69, 9.17) is 4.42 Å². The van der Waals surface area contributed by atoms with Crippen molar-refractivity contribution in [2.75, 3.05) is 0 Å². The lowest BCUT2D eigenvalue weighted by atomic mass is 9.95. The van der Waals surface area contributed by atoms with Crippen molar-refractivity contribution in [3.05, 3.63) is 87.4 Å². The highest BCUT2D eigenvalue weighted by Gasteiger charge is 2.23. The third-order valence-electron chi connectivity index (χ3n) is 6.98. The molecule has 2 N–H and O–H groups in total. The molecule has 0 amide bonds. The van der Waals surface area contributed by atoms with Crippen LogP contribution < -0.4 is 5.63 Å². The molecule has 0 saturated carbocycles. The smallest absolute Gasteiger partial charge is 0.361 e. The lowest BCUT2D eigenvalue weighted by Crippen LogP contribution is -2.02. The fourth-order valence-corrected chi connectivity index (χ4v) is 5.00. The minimum Gasteiger partial charge on any atom is -0.508 e. The molecule has 168 valence electrons. The van der Waals surface area contributed by atoms with Gasteiger partial charge in [0.1, 0.15) is 22.6 Å². The summed E-state index contributed by atoms with van der Waals surface area (Å²) in [6.07, 6.45) is 1.92. The highest BCUT2D eigenvalue weighted by atomic mass is 16.4. The van der Waals surface area contributed by atoms with Gasteiger partial charge < -0.3 is 19.0 Å². The van der Waals surface area contributed by atoms with Crippen molar-refractivity contribution in [3.63, 3.8) is 0 Å². The number of nitrogens with zero attached hydrogens (tertiary/aromatic N) is 1. The largest absolute Gasteiger partial charge is 0.508 e. The van der Waals surface area contributed by atoms with E-state index in [9.17, 15) is 15.0 Å². The van der Waals surface area contributed by atoms with Gasteiger partial charge >= 0.3 is 5.63 Å². The summed E-state index contributed by atoms with van der Waals surface area (Å²) >= 11 is 0. The van der Waals surface area contributed by atoms with E-state index in [0.29, 0.717) is 16.7 Å². The first-order valence-corrected chi connectivity index (χ1v) is 11.2. The Morgan fingerprint density at radius 3 is 2.21 bits per heavy atom. The molecular formula is C29H23NO4. The molecule has 0 aliphatic heterocycles. The number of hydrogen-bond donors (Lipinski definition) is 2. The van der Waals surface area contributed by atoms with Gasteiger partial charge in [-0.3, -0.25) is 0 Å². The number of fused-ring (bicyclic) bond motifs is 7. The van der Waals surface area contributed by atoms with Gasteiger partial charge in [0.15, 0.2) is 0 Å². The standard InChI is InChI=1S/C29H23NO4/c1-14-9-18-7-8-30-27(20(18)11-15(14)2)25(19-5-6-22(31)16(3)10-19)26-21-12-17(4)23(32)13-24(21)34-29(33)28(26)30/h5-13,31-32H,1-4H3. The molecule has 0 unspecified atom stereocenters. The van der Waals surface area contributed by atoms with Crippen molar-refractivity contribution in [1.29, 1.82) is 0 Å². The van der Waals surface area contributed by atoms with Crippen molar-refractivity contribution < 1.29 is 14.6 Å². The van der Waals surface area contributed by atoms with Gasteiger partial charge in [0.25, 0.3) is 0 Å². The monoisotopic (exact) mass is 449 g/mol. The minimum absolute atomic E-state index is 0.0809. The molecule has 6 rings (SSSR count). The summed E-state index contributed by atoms with van der Waals surface area (Å²) in [4.78, 5) is 13.3. The Balaban J connectivity index is 1.97. The number of rotatable bonds is 1. The first kappa shape index (κ1) is 20.4. The van der Waals surface area contributed by atoms with Crippen LogP contribution in [0.3, 0.4) is 0 Å².